The first kappa shape index (κ1) is 52.7. The smallest absolute Gasteiger partial charge is 0.164 e. The predicted octanol–water partition coefficient (Wildman–Crippen LogP) is 12.5. The van der Waals surface area contributed by atoms with Crippen molar-refractivity contribution in [2.24, 2.45) is 0 Å². The zero-order valence-electron chi connectivity index (χ0n) is 41.0. The molecule has 0 spiro atoms. The molecule has 358 valence electrons. The van der Waals surface area contributed by atoms with E-state index in [2.05, 4.69) is 169 Å². The van der Waals surface area contributed by atoms with Crippen molar-refractivity contribution < 1.29 is 43.9 Å². The molecule has 1 aliphatic carbocycles. The van der Waals surface area contributed by atoms with Crippen LogP contribution in [0.1, 0.15) is 95.2 Å². The second kappa shape index (κ2) is 25.8. The van der Waals surface area contributed by atoms with Crippen molar-refractivity contribution in [1.82, 2.24) is 15.0 Å². The number of nitrogens with zero attached hydrogens (tertiary/aromatic N) is 3. The van der Waals surface area contributed by atoms with Gasteiger partial charge in [0.15, 0.2) is 17.5 Å². The Morgan fingerprint density at radius 1 is 0.565 bits per heavy atom. The molecule has 1 N–H and O–H groups in total. The number of aliphatic hydroxyl groups is 1. The number of aryl methyl sites for hydroxylation is 5. The third kappa shape index (κ3) is 13.6. The number of unbranched alkanes of at least 4 members (excludes halogenated alkanes) is 3. The molecule has 7 aromatic rings. The molecule has 9 heteroatoms. The molecule has 1 heterocycles. The van der Waals surface area contributed by atoms with Crippen LogP contribution >= 0.6 is 0 Å². The zero-order valence-corrected chi connectivity index (χ0v) is 43.5. The summed E-state index contributed by atoms with van der Waals surface area (Å²) < 4.78 is 16.5. The maximum atomic E-state index is 11.4. The summed E-state index contributed by atoms with van der Waals surface area (Å²) in [6.07, 6.45) is 9.70. The summed E-state index contributed by atoms with van der Waals surface area (Å²) >= 11 is 0. The maximum Gasteiger partial charge on any atom is 0.164 e. The number of fused-ring (bicyclic) bond motifs is 3. The van der Waals surface area contributed by atoms with Crippen molar-refractivity contribution in [3.8, 4) is 45.3 Å². The normalized spacial score (nSPS) is 12.0. The van der Waals surface area contributed by atoms with E-state index < -0.39 is 0 Å². The summed E-state index contributed by atoms with van der Waals surface area (Å²) in [5.41, 5.74) is 16.9. The molecule has 0 aliphatic heterocycles. The molecule has 0 amide bonds. The number of carbonyl (C=O) groups excluding carboxylic acids is 1. The van der Waals surface area contributed by atoms with Crippen LogP contribution in [0.25, 0.3) is 45.3 Å². The van der Waals surface area contributed by atoms with Crippen LogP contribution < -0.4 is 0 Å². The fourth-order valence-electron chi connectivity index (χ4n) is 8.74. The second-order valence-corrected chi connectivity index (χ2v) is 17.9. The van der Waals surface area contributed by atoms with Crippen molar-refractivity contribution in [2.45, 2.75) is 85.7 Å². The molecule has 0 saturated carbocycles. The number of hydrogen-bond donors (Lipinski definition) is 1. The van der Waals surface area contributed by atoms with E-state index in [-0.39, 0.29) is 31.8 Å². The third-order valence-electron chi connectivity index (χ3n) is 12.7. The summed E-state index contributed by atoms with van der Waals surface area (Å²) in [6, 6.07) is 45.0. The van der Waals surface area contributed by atoms with E-state index in [0.29, 0.717) is 57.1 Å². The van der Waals surface area contributed by atoms with Crippen LogP contribution in [0.5, 0.6) is 0 Å². The van der Waals surface area contributed by atoms with Gasteiger partial charge >= 0.3 is 0 Å². The monoisotopic (exact) mass is 1100 g/mol. The average Bonchev–Trinajstić information content (AvgIpc) is 3.60. The third-order valence-corrected chi connectivity index (χ3v) is 12.7. The Hall–Kier alpha value is -5.65. The van der Waals surface area contributed by atoms with Crippen LogP contribution in [0, 0.1) is 34.1 Å². The molecule has 1 aliphatic rings. The number of aromatic nitrogens is 3. The van der Waals surface area contributed by atoms with Gasteiger partial charge in [0.2, 0.25) is 0 Å². The molecule has 8 rings (SSSR count). The first-order chi connectivity index (χ1) is 33.1. The number of benzene rings is 6. The van der Waals surface area contributed by atoms with E-state index in [1.54, 1.807) is 0 Å². The van der Waals surface area contributed by atoms with E-state index in [4.69, 9.17) is 34.3 Å². The fraction of sp³-hybridized carbons (Fsp3) is 0.317. The van der Waals surface area contributed by atoms with Gasteiger partial charge in [0.25, 0.3) is 0 Å². The van der Waals surface area contributed by atoms with Crippen LogP contribution in [-0.2, 0) is 57.2 Å². The largest absolute Gasteiger partial charge is 0.403 e. The van der Waals surface area contributed by atoms with E-state index in [1.165, 1.54) is 82.2 Å². The molecule has 6 aromatic carbocycles. The Labute approximate surface area is 423 Å². The van der Waals surface area contributed by atoms with Gasteiger partial charge in [0.05, 0.1) is 51.3 Å². The van der Waals surface area contributed by atoms with Gasteiger partial charge in [-0.3, -0.25) is 0 Å². The van der Waals surface area contributed by atoms with Gasteiger partial charge in [-0.05, 0) is 99.0 Å². The predicted molar refractivity (Wildman–Crippen MR) is 274 cm³/mol. The van der Waals surface area contributed by atoms with Crippen molar-refractivity contribution in [2.75, 3.05) is 39.6 Å². The summed E-state index contributed by atoms with van der Waals surface area (Å²) in [4.78, 5) is 25.9. The van der Waals surface area contributed by atoms with Crippen LogP contribution in [-0.4, -0.2) is 66.0 Å². The molecule has 1 aromatic heterocycles. The molecular formula is C60H65N3O5Os. The standard InChI is InChI=1S/C31H34O5.C29H31N3.Os/c1-22-4-8-27-28-9-5-23(2)19-30(28)31(3,29(27)18-22)26-7-6-25(24(20-26)10-11-32)21-36-17-16-35-15-14-34-13-12-33;1-4-5-6-7-8-23-13-19-26(20-14-23)29-31-27(24-15-9-21(2)10-16-24)30-28(32-29)25-17-11-22(3)12-18-25;/h4-10,18-20,33H,12-17,21H2,1-3H3;9-20H,4-8H2,1-3H3;. The first-order valence-corrected chi connectivity index (χ1v) is 24.0. The molecule has 0 radical (unpaired) electrons. The Balaban J connectivity index is 0.000000225. The molecule has 0 saturated heterocycles. The molecule has 0 bridgehead atoms. The van der Waals surface area contributed by atoms with Crippen LogP contribution in [0.2, 0.25) is 0 Å². The minimum absolute atomic E-state index is 0. The van der Waals surface area contributed by atoms with E-state index >= 15 is 0 Å². The summed E-state index contributed by atoms with van der Waals surface area (Å²) in [5, 5.41) is 8.70. The van der Waals surface area contributed by atoms with Gasteiger partial charge < -0.3 is 24.1 Å². The SMILES string of the molecule is CCCCCCc1ccc(-c2nc(-c3ccc(C)cc3)nc(-c3ccc(C)cc3)n2)cc1.Cc1ccc2c(c1)C(C)(c1ccc(COCCOCCOCCO)c([CH+][C-]=O)c1)c1cc(C)ccc1-2.[Os]. The quantitative estimate of drug-likeness (QED) is 0.0561. The Kier molecular flexibility index (Phi) is 19.7. The van der Waals surface area contributed by atoms with Gasteiger partial charge in [-0.1, -0.05) is 164 Å². The van der Waals surface area contributed by atoms with Crippen LogP contribution in [0.15, 0.2) is 127 Å². The van der Waals surface area contributed by atoms with Crippen molar-refractivity contribution in [1.29, 1.82) is 0 Å². The van der Waals surface area contributed by atoms with E-state index in [1.807, 2.05) is 6.29 Å². The van der Waals surface area contributed by atoms with Crippen molar-refractivity contribution >= 4 is 6.29 Å². The summed E-state index contributed by atoms with van der Waals surface area (Å²) in [5.74, 6) is 2.12. The number of ether oxygens (including phenoxy) is 3. The minimum Gasteiger partial charge on any atom is -0.403 e. The molecule has 0 atom stereocenters. The van der Waals surface area contributed by atoms with E-state index in [9.17, 15) is 4.79 Å². The number of rotatable bonds is 21. The molecular weight excluding hydrogens is 1030 g/mol. The van der Waals surface area contributed by atoms with Gasteiger partial charge in [0.1, 0.15) is 6.61 Å². The van der Waals surface area contributed by atoms with Crippen LogP contribution in [0.4, 0.5) is 0 Å². The average molecular weight is 1100 g/mol. The van der Waals surface area contributed by atoms with Gasteiger partial charge in [0, 0.05) is 47.6 Å². The summed E-state index contributed by atoms with van der Waals surface area (Å²) in [6.45, 7) is 15.4. The van der Waals surface area contributed by atoms with Crippen molar-refractivity contribution in [3.63, 3.8) is 0 Å². The Morgan fingerprint density at radius 3 is 1.54 bits per heavy atom. The molecule has 0 unspecified atom stereocenters. The second-order valence-electron chi connectivity index (χ2n) is 17.9. The first-order valence-electron chi connectivity index (χ1n) is 24.0. The van der Waals surface area contributed by atoms with Gasteiger partial charge in [-0.2, -0.15) is 0 Å². The molecule has 8 nitrogen and oxygen atoms in total. The van der Waals surface area contributed by atoms with Gasteiger partial charge in [-0.15, -0.1) is 0 Å². The zero-order chi connectivity index (χ0) is 47.9. The maximum absolute atomic E-state index is 11.4. The topological polar surface area (TPSA) is 104 Å². The number of aliphatic hydroxyl groups excluding tert-OH is 1. The Bertz CT molecular complexity index is 2620. The number of hydrogen-bond acceptors (Lipinski definition) is 8. The van der Waals surface area contributed by atoms with Crippen LogP contribution in [0.3, 0.4) is 0 Å². The Morgan fingerprint density at radius 2 is 1.04 bits per heavy atom. The minimum atomic E-state index is -0.334. The molecule has 0 fully saturated rings. The van der Waals surface area contributed by atoms with E-state index in [0.717, 1.165) is 39.8 Å². The fourth-order valence-corrected chi connectivity index (χ4v) is 8.74. The molecule has 69 heavy (non-hydrogen) atoms. The van der Waals surface area contributed by atoms with Crippen molar-refractivity contribution in [3.05, 3.63) is 189 Å². The summed E-state index contributed by atoms with van der Waals surface area (Å²) in [7, 11) is 0. The van der Waals surface area contributed by atoms with Gasteiger partial charge in [-0.25, -0.2) is 15.0 Å².